The van der Waals surface area contributed by atoms with E-state index in [9.17, 15) is 0 Å². The molecule has 0 aromatic heterocycles. The van der Waals surface area contributed by atoms with Gasteiger partial charge < -0.3 is 5.32 Å². The molecule has 1 saturated heterocycles. The topological polar surface area (TPSA) is 12.0 Å². The lowest BCUT2D eigenvalue weighted by Gasteiger charge is -2.26. The molecular weight excluding hydrogens is 146 g/mol. The minimum absolute atomic E-state index is 0.592. The van der Waals surface area contributed by atoms with Crippen LogP contribution in [0.25, 0.3) is 0 Å². The summed E-state index contributed by atoms with van der Waals surface area (Å²) in [4.78, 5) is 0. The van der Waals surface area contributed by atoms with E-state index >= 15 is 0 Å². The summed E-state index contributed by atoms with van der Waals surface area (Å²) < 4.78 is 0. The third-order valence-electron chi connectivity index (χ3n) is 3.79. The fraction of sp³-hybridized carbons (Fsp3) is 1.00. The van der Waals surface area contributed by atoms with E-state index in [4.69, 9.17) is 0 Å². The van der Waals surface area contributed by atoms with Crippen LogP contribution in [0, 0.1) is 5.92 Å². The Balaban J connectivity index is 1.96. The Kier molecular flexibility index (Phi) is 2.16. The van der Waals surface area contributed by atoms with Crippen molar-refractivity contribution < 1.29 is 0 Å². The molecule has 70 valence electrons. The Morgan fingerprint density at radius 3 is 2.33 bits per heavy atom. The van der Waals surface area contributed by atoms with E-state index < -0.39 is 0 Å². The van der Waals surface area contributed by atoms with Crippen LogP contribution in [0.1, 0.15) is 52.4 Å². The van der Waals surface area contributed by atoms with Crippen molar-refractivity contribution in [3.63, 3.8) is 0 Å². The molecule has 1 N–H and O–H groups in total. The highest BCUT2D eigenvalue weighted by Crippen LogP contribution is 2.39. The second kappa shape index (κ2) is 3.02. The molecule has 1 nitrogen and oxygen atoms in total. The minimum atomic E-state index is 0.592. The second-order valence-electron chi connectivity index (χ2n) is 5.02. The van der Waals surface area contributed by atoms with Crippen LogP contribution in [0.2, 0.25) is 0 Å². The van der Waals surface area contributed by atoms with E-state index in [-0.39, 0.29) is 0 Å². The zero-order valence-corrected chi connectivity index (χ0v) is 8.40. The number of hydrogen-bond donors (Lipinski definition) is 1. The molecule has 12 heavy (non-hydrogen) atoms. The maximum absolute atomic E-state index is 3.87. The molecule has 1 aliphatic carbocycles. The van der Waals surface area contributed by atoms with Gasteiger partial charge in [-0.15, -0.1) is 0 Å². The van der Waals surface area contributed by atoms with Crippen LogP contribution in [0.15, 0.2) is 0 Å². The Morgan fingerprint density at radius 1 is 1.17 bits per heavy atom. The zero-order valence-electron chi connectivity index (χ0n) is 8.40. The van der Waals surface area contributed by atoms with Crippen molar-refractivity contribution in [2.75, 3.05) is 0 Å². The van der Waals surface area contributed by atoms with Crippen molar-refractivity contribution in [3.05, 3.63) is 0 Å². The summed E-state index contributed by atoms with van der Waals surface area (Å²) in [5.41, 5.74) is 0.592. The molecule has 1 unspecified atom stereocenters. The van der Waals surface area contributed by atoms with E-state index in [1.807, 2.05) is 0 Å². The van der Waals surface area contributed by atoms with Crippen molar-refractivity contribution in [2.24, 2.45) is 5.92 Å². The van der Waals surface area contributed by atoms with Gasteiger partial charge in [-0.25, -0.2) is 0 Å². The normalized spacial score (nSPS) is 33.8. The second-order valence-corrected chi connectivity index (χ2v) is 5.02. The van der Waals surface area contributed by atoms with Gasteiger partial charge in [-0.2, -0.15) is 0 Å². The lowest BCUT2D eigenvalue weighted by Crippen LogP contribution is -2.42. The Morgan fingerprint density at radius 2 is 1.83 bits per heavy atom. The van der Waals surface area contributed by atoms with Gasteiger partial charge in [0.1, 0.15) is 0 Å². The molecule has 0 amide bonds. The lowest BCUT2D eigenvalue weighted by atomic mass is 9.96. The molecule has 0 radical (unpaired) electrons. The first kappa shape index (κ1) is 8.55. The van der Waals surface area contributed by atoms with Crippen LogP contribution in [0.5, 0.6) is 0 Å². The van der Waals surface area contributed by atoms with Gasteiger partial charge in [-0.3, -0.25) is 0 Å². The molecule has 0 aromatic rings. The van der Waals surface area contributed by atoms with Crippen LogP contribution in [0.3, 0.4) is 0 Å². The molecule has 1 heterocycles. The zero-order chi connectivity index (χ0) is 8.60. The third-order valence-corrected chi connectivity index (χ3v) is 3.79. The maximum atomic E-state index is 3.87. The summed E-state index contributed by atoms with van der Waals surface area (Å²) in [5, 5.41) is 3.87. The van der Waals surface area contributed by atoms with Gasteiger partial charge in [0.05, 0.1) is 0 Å². The largest absolute Gasteiger partial charge is 0.308 e. The standard InChI is InChI=1S/C11H21N/c1-9(2)10-5-8-11(12-10)6-3-4-7-11/h9-10,12H,3-8H2,1-2H3. The summed E-state index contributed by atoms with van der Waals surface area (Å²) in [6, 6.07) is 0.808. The molecule has 0 bridgehead atoms. The summed E-state index contributed by atoms with van der Waals surface area (Å²) in [7, 11) is 0. The van der Waals surface area contributed by atoms with E-state index in [0.717, 1.165) is 12.0 Å². The van der Waals surface area contributed by atoms with Crippen molar-refractivity contribution >= 4 is 0 Å². The Hall–Kier alpha value is -0.0400. The van der Waals surface area contributed by atoms with E-state index in [0.29, 0.717) is 5.54 Å². The van der Waals surface area contributed by atoms with Crippen LogP contribution in [-0.4, -0.2) is 11.6 Å². The molecule has 1 aliphatic heterocycles. The van der Waals surface area contributed by atoms with Gasteiger partial charge in [-0.05, 0) is 31.6 Å². The van der Waals surface area contributed by atoms with Gasteiger partial charge in [0.15, 0.2) is 0 Å². The fourth-order valence-electron chi connectivity index (χ4n) is 2.92. The maximum Gasteiger partial charge on any atom is 0.0184 e. The predicted octanol–water partition coefficient (Wildman–Crippen LogP) is 2.71. The van der Waals surface area contributed by atoms with E-state index in [2.05, 4.69) is 19.2 Å². The first-order valence-corrected chi connectivity index (χ1v) is 5.50. The average Bonchev–Trinajstić information content (AvgIpc) is 2.62. The summed E-state index contributed by atoms with van der Waals surface area (Å²) in [6.07, 6.45) is 8.65. The van der Waals surface area contributed by atoms with Gasteiger partial charge >= 0.3 is 0 Å². The van der Waals surface area contributed by atoms with E-state index in [1.165, 1.54) is 38.5 Å². The molecule has 2 fully saturated rings. The van der Waals surface area contributed by atoms with Gasteiger partial charge in [-0.1, -0.05) is 26.7 Å². The van der Waals surface area contributed by atoms with E-state index in [1.54, 1.807) is 0 Å². The van der Waals surface area contributed by atoms with Crippen LogP contribution >= 0.6 is 0 Å². The number of nitrogens with one attached hydrogen (secondary N) is 1. The summed E-state index contributed by atoms with van der Waals surface area (Å²) in [5.74, 6) is 0.824. The number of hydrogen-bond acceptors (Lipinski definition) is 1. The van der Waals surface area contributed by atoms with Crippen LogP contribution < -0.4 is 5.32 Å². The predicted molar refractivity (Wildman–Crippen MR) is 52.2 cm³/mol. The highest BCUT2D eigenvalue weighted by atomic mass is 15.0. The van der Waals surface area contributed by atoms with Gasteiger partial charge in [0.25, 0.3) is 0 Å². The van der Waals surface area contributed by atoms with Crippen molar-refractivity contribution in [1.29, 1.82) is 0 Å². The molecular formula is C11H21N. The van der Waals surface area contributed by atoms with Crippen LogP contribution in [0.4, 0.5) is 0 Å². The lowest BCUT2D eigenvalue weighted by molar-refractivity contribution is 0.338. The summed E-state index contributed by atoms with van der Waals surface area (Å²) >= 11 is 0. The Labute approximate surface area is 75.9 Å². The van der Waals surface area contributed by atoms with Gasteiger partial charge in [0, 0.05) is 11.6 Å². The average molecular weight is 167 g/mol. The quantitative estimate of drug-likeness (QED) is 0.633. The van der Waals surface area contributed by atoms with Crippen molar-refractivity contribution in [2.45, 2.75) is 64.0 Å². The first-order valence-electron chi connectivity index (χ1n) is 5.50. The fourth-order valence-corrected chi connectivity index (χ4v) is 2.92. The first-order chi connectivity index (χ1) is 5.72. The van der Waals surface area contributed by atoms with Gasteiger partial charge in [0.2, 0.25) is 0 Å². The highest BCUT2D eigenvalue weighted by Gasteiger charge is 2.40. The molecule has 0 aromatic carbocycles. The monoisotopic (exact) mass is 167 g/mol. The summed E-state index contributed by atoms with van der Waals surface area (Å²) in [6.45, 7) is 4.68. The molecule has 1 heteroatoms. The highest BCUT2D eigenvalue weighted by molar-refractivity contribution is 5.01. The SMILES string of the molecule is CC(C)C1CCC2(CCCC2)N1. The molecule has 2 rings (SSSR count). The number of rotatable bonds is 1. The molecule has 1 saturated carbocycles. The van der Waals surface area contributed by atoms with Crippen molar-refractivity contribution in [1.82, 2.24) is 5.32 Å². The smallest absolute Gasteiger partial charge is 0.0184 e. The van der Waals surface area contributed by atoms with Crippen LogP contribution in [-0.2, 0) is 0 Å². The molecule has 1 spiro atoms. The van der Waals surface area contributed by atoms with Crippen molar-refractivity contribution in [3.8, 4) is 0 Å². The molecule has 2 aliphatic rings. The minimum Gasteiger partial charge on any atom is -0.308 e. The molecule has 1 atom stereocenters. The Bertz CT molecular complexity index is 156. The third kappa shape index (κ3) is 1.39.